The van der Waals surface area contributed by atoms with Crippen molar-refractivity contribution >= 4 is 11.6 Å². The van der Waals surface area contributed by atoms with Crippen LogP contribution in [0, 0.1) is 0 Å². The molecule has 0 atom stereocenters. The van der Waals surface area contributed by atoms with Gasteiger partial charge in [0.05, 0.1) is 12.3 Å². The summed E-state index contributed by atoms with van der Waals surface area (Å²) in [7, 11) is 1.67. The van der Waals surface area contributed by atoms with Crippen LogP contribution in [0.2, 0.25) is 0 Å². The van der Waals surface area contributed by atoms with E-state index in [1.54, 1.807) is 11.6 Å². The highest BCUT2D eigenvalue weighted by Gasteiger charge is 2.22. The summed E-state index contributed by atoms with van der Waals surface area (Å²) in [6.45, 7) is 2.22. The molecule has 0 aliphatic carbocycles. The van der Waals surface area contributed by atoms with E-state index in [1.807, 2.05) is 6.07 Å². The Morgan fingerprint density at radius 2 is 1.95 bits per heavy atom. The predicted octanol–water partition coefficient (Wildman–Crippen LogP) is 1.79. The Morgan fingerprint density at radius 1 is 1.19 bits per heavy atom. The van der Waals surface area contributed by atoms with Crippen LogP contribution in [0.4, 0.5) is 5.82 Å². The Labute approximate surface area is 122 Å². The normalized spacial score (nSPS) is 13.9. The quantitative estimate of drug-likeness (QED) is 0.732. The van der Waals surface area contributed by atoms with Crippen molar-refractivity contribution in [2.24, 2.45) is 0 Å². The molecule has 3 heterocycles. The first-order valence-corrected chi connectivity index (χ1v) is 6.85. The maximum Gasteiger partial charge on any atom is 0.254 e. The minimum Gasteiger partial charge on any atom is -0.378 e. The predicted molar refractivity (Wildman–Crippen MR) is 77.8 cm³/mol. The van der Waals surface area contributed by atoms with Crippen LogP contribution in [0.5, 0.6) is 0 Å². The maximum atomic E-state index is 5.19. The maximum absolute atomic E-state index is 5.19. The zero-order chi connectivity index (χ0) is 14.2. The summed E-state index contributed by atoms with van der Waals surface area (Å²) in [6, 6.07) is 10.5. The lowest BCUT2D eigenvalue weighted by molar-refractivity contribution is 0.181. The molecule has 3 aromatic rings. The summed E-state index contributed by atoms with van der Waals surface area (Å²) in [5.41, 5.74) is 3.58. The van der Waals surface area contributed by atoms with Gasteiger partial charge in [0.25, 0.3) is 5.78 Å². The van der Waals surface area contributed by atoms with Crippen LogP contribution >= 0.6 is 0 Å². The molecule has 1 aliphatic heterocycles. The highest BCUT2D eigenvalue weighted by molar-refractivity contribution is 5.51. The third-order valence-electron chi connectivity index (χ3n) is 3.74. The SMILES string of the molecule is COCc1cc(N2Cc3ccccc3C2)n2ncnc2n1. The molecule has 0 saturated heterocycles. The van der Waals surface area contributed by atoms with Crippen LogP contribution in [0.1, 0.15) is 16.8 Å². The van der Waals surface area contributed by atoms with Gasteiger partial charge in [0, 0.05) is 26.3 Å². The highest BCUT2D eigenvalue weighted by atomic mass is 16.5. The first-order valence-electron chi connectivity index (χ1n) is 6.85. The molecule has 0 bridgehead atoms. The van der Waals surface area contributed by atoms with Gasteiger partial charge >= 0.3 is 0 Å². The van der Waals surface area contributed by atoms with Crippen molar-refractivity contribution in [3.63, 3.8) is 0 Å². The molecule has 2 aromatic heterocycles. The van der Waals surface area contributed by atoms with Crippen LogP contribution < -0.4 is 4.90 Å². The topological polar surface area (TPSA) is 55.6 Å². The van der Waals surface area contributed by atoms with Crippen molar-refractivity contribution in [2.45, 2.75) is 19.7 Å². The van der Waals surface area contributed by atoms with Crippen molar-refractivity contribution in [1.82, 2.24) is 19.6 Å². The van der Waals surface area contributed by atoms with E-state index in [0.717, 1.165) is 24.6 Å². The molecule has 0 unspecified atom stereocenters. The van der Waals surface area contributed by atoms with E-state index in [1.165, 1.54) is 17.5 Å². The first kappa shape index (κ1) is 12.3. The minimum atomic E-state index is 0.469. The smallest absolute Gasteiger partial charge is 0.254 e. The summed E-state index contributed by atoms with van der Waals surface area (Å²) in [5, 5.41) is 4.29. The van der Waals surface area contributed by atoms with Crippen LogP contribution in [0.15, 0.2) is 36.7 Å². The molecule has 106 valence electrons. The van der Waals surface area contributed by atoms with Gasteiger partial charge in [-0.25, -0.2) is 4.98 Å². The zero-order valence-electron chi connectivity index (χ0n) is 11.7. The number of aromatic nitrogens is 4. The fourth-order valence-electron chi connectivity index (χ4n) is 2.79. The van der Waals surface area contributed by atoms with Crippen molar-refractivity contribution in [2.75, 3.05) is 12.0 Å². The summed E-state index contributed by atoms with van der Waals surface area (Å²) in [6.07, 6.45) is 1.53. The van der Waals surface area contributed by atoms with E-state index >= 15 is 0 Å². The van der Waals surface area contributed by atoms with Crippen LogP contribution in [-0.4, -0.2) is 26.7 Å². The second-order valence-corrected chi connectivity index (χ2v) is 5.14. The van der Waals surface area contributed by atoms with E-state index < -0.39 is 0 Å². The number of hydrogen-bond acceptors (Lipinski definition) is 5. The van der Waals surface area contributed by atoms with Crippen molar-refractivity contribution in [1.29, 1.82) is 0 Å². The lowest BCUT2D eigenvalue weighted by Gasteiger charge is -2.19. The lowest BCUT2D eigenvalue weighted by Crippen LogP contribution is -2.19. The van der Waals surface area contributed by atoms with E-state index in [-0.39, 0.29) is 0 Å². The minimum absolute atomic E-state index is 0.469. The second-order valence-electron chi connectivity index (χ2n) is 5.14. The molecule has 6 heteroatoms. The number of anilines is 1. The third-order valence-corrected chi connectivity index (χ3v) is 3.74. The van der Waals surface area contributed by atoms with Crippen LogP contribution in [0.3, 0.4) is 0 Å². The van der Waals surface area contributed by atoms with Gasteiger partial charge in [-0.2, -0.15) is 14.6 Å². The fraction of sp³-hybridized carbons (Fsp3) is 0.267. The summed E-state index contributed by atoms with van der Waals surface area (Å²) >= 11 is 0. The Bertz CT molecular complexity index is 773. The van der Waals surface area contributed by atoms with Gasteiger partial charge < -0.3 is 9.64 Å². The molecular weight excluding hydrogens is 266 g/mol. The number of fused-ring (bicyclic) bond motifs is 2. The van der Waals surface area contributed by atoms with Crippen LogP contribution in [-0.2, 0) is 24.4 Å². The number of ether oxygens (including phenoxy) is 1. The van der Waals surface area contributed by atoms with E-state index in [0.29, 0.717) is 12.4 Å². The van der Waals surface area contributed by atoms with E-state index in [2.05, 4.69) is 44.2 Å². The van der Waals surface area contributed by atoms with Gasteiger partial charge in [-0.15, -0.1) is 0 Å². The third kappa shape index (κ3) is 2.04. The largest absolute Gasteiger partial charge is 0.378 e. The van der Waals surface area contributed by atoms with Gasteiger partial charge in [0.2, 0.25) is 0 Å². The van der Waals surface area contributed by atoms with Crippen LogP contribution in [0.25, 0.3) is 5.78 Å². The first-order chi connectivity index (χ1) is 10.3. The number of rotatable bonds is 3. The molecule has 0 spiro atoms. The number of hydrogen-bond donors (Lipinski definition) is 0. The molecule has 6 nitrogen and oxygen atoms in total. The lowest BCUT2D eigenvalue weighted by atomic mass is 10.1. The molecule has 0 amide bonds. The molecule has 1 aromatic carbocycles. The molecule has 0 fully saturated rings. The van der Waals surface area contributed by atoms with Crippen molar-refractivity contribution in [3.8, 4) is 0 Å². The second kappa shape index (κ2) is 4.82. The Hall–Kier alpha value is -2.47. The van der Waals surface area contributed by atoms with Gasteiger partial charge in [-0.3, -0.25) is 0 Å². The van der Waals surface area contributed by atoms with Gasteiger partial charge in [-0.1, -0.05) is 24.3 Å². The molecule has 0 N–H and O–H groups in total. The summed E-state index contributed by atoms with van der Waals surface area (Å²) in [5.74, 6) is 1.61. The Kier molecular flexibility index (Phi) is 2.82. The Morgan fingerprint density at radius 3 is 2.67 bits per heavy atom. The molecule has 1 aliphatic rings. The number of nitrogens with zero attached hydrogens (tertiary/aromatic N) is 5. The van der Waals surface area contributed by atoms with E-state index in [9.17, 15) is 0 Å². The summed E-state index contributed by atoms with van der Waals surface area (Å²) < 4.78 is 6.98. The molecular formula is C15H15N5O. The van der Waals surface area contributed by atoms with Gasteiger partial charge in [0.15, 0.2) is 0 Å². The standard InChI is InChI=1S/C15H15N5O/c1-21-9-13-6-14(20-15(18-13)16-10-17-20)19-7-11-4-2-3-5-12(11)8-19/h2-6,10H,7-9H2,1H3. The van der Waals surface area contributed by atoms with Crippen molar-refractivity contribution < 1.29 is 4.74 Å². The zero-order valence-corrected chi connectivity index (χ0v) is 11.7. The number of methoxy groups -OCH3 is 1. The Balaban J connectivity index is 1.78. The van der Waals surface area contributed by atoms with Gasteiger partial charge in [0.1, 0.15) is 12.1 Å². The average molecular weight is 281 g/mol. The fourth-order valence-corrected chi connectivity index (χ4v) is 2.79. The molecule has 21 heavy (non-hydrogen) atoms. The molecule has 0 saturated carbocycles. The monoisotopic (exact) mass is 281 g/mol. The average Bonchev–Trinajstić information content (AvgIpc) is 3.12. The number of benzene rings is 1. The molecule has 4 rings (SSSR count). The summed E-state index contributed by atoms with van der Waals surface area (Å²) in [4.78, 5) is 10.9. The highest BCUT2D eigenvalue weighted by Crippen LogP contribution is 2.28. The molecule has 0 radical (unpaired) electrons. The van der Waals surface area contributed by atoms with Gasteiger partial charge in [-0.05, 0) is 11.1 Å². The van der Waals surface area contributed by atoms with E-state index in [4.69, 9.17) is 4.74 Å². The van der Waals surface area contributed by atoms with Crippen molar-refractivity contribution in [3.05, 3.63) is 53.5 Å².